The fourth-order valence-electron chi connectivity index (χ4n) is 5.06. The van der Waals surface area contributed by atoms with E-state index in [4.69, 9.17) is 16.3 Å². The van der Waals surface area contributed by atoms with Crippen LogP contribution >= 0.6 is 11.6 Å². The molecule has 1 heterocycles. The molecule has 4 atom stereocenters. The van der Waals surface area contributed by atoms with Crippen LogP contribution in [0.5, 0.6) is 0 Å². The molecule has 45 heavy (non-hydrogen) atoms. The van der Waals surface area contributed by atoms with Gasteiger partial charge in [-0.15, -0.1) is 0 Å². The summed E-state index contributed by atoms with van der Waals surface area (Å²) in [6.45, 7) is 9.29. The summed E-state index contributed by atoms with van der Waals surface area (Å²) in [5.74, 6) is -9.30. The van der Waals surface area contributed by atoms with Crippen LogP contribution in [0.15, 0.2) is 72.8 Å². The molecule has 3 aromatic carbocycles. The standard InChI is InChI=1S/C20H18O8.C13H18ClNO2/c1-11-7-3-5-9-13(11)15(21)19(27,17(23)24)20(28,18(25)26)16(22)14-10-6-4-8-12(14)2;1-9-13(16,17-8-12(2,3)15-9)10-5-4-6-11(14)7-10/h3-10,27-28H,1-2H3,(H,23,24)(H,25,26);4-7,9,15-16H,8H2,1-3H3. The number of nitrogens with one attached hydrogen (secondary N) is 1. The highest BCUT2D eigenvalue weighted by Crippen LogP contribution is 2.35. The lowest BCUT2D eigenvalue weighted by Crippen LogP contribution is -2.71. The molecular weight excluding hydrogens is 606 g/mol. The van der Waals surface area contributed by atoms with E-state index >= 15 is 0 Å². The number of carboxylic acids is 2. The maximum atomic E-state index is 12.9. The second-order valence-electron chi connectivity index (χ2n) is 11.6. The Hall–Kier alpha value is -3.97. The molecule has 0 spiro atoms. The lowest BCUT2D eigenvalue weighted by atomic mass is 9.72. The van der Waals surface area contributed by atoms with Gasteiger partial charge in [-0.3, -0.25) is 9.59 Å². The number of carbonyl (C=O) groups is 4. The van der Waals surface area contributed by atoms with Crippen LogP contribution in [0.3, 0.4) is 0 Å². The zero-order valence-electron chi connectivity index (χ0n) is 25.4. The number of carbonyl (C=O) groups excluding carboxylic acids is 2. The Bertz CT molecular complexity index is 1540. The number of halogens is 1. The summed E-state index contributed by atoms with van der Waals surface area (Å²) in [5, 5.41) is 55.2. The second-order valence-corrected chi connectivity index (χ2v) is 12.0. The van der Waals surface area contributed by atoms with Crippen LogP contribution in [0.25, 0.3) is 0 Å². The number of ether oxygens (including phenoxy) is 1. The van der Waals surface area contributed by atoms with E-state index in [1.807, 2.05) is 32.9 Å². The summed E-state index contributed by atoms with van der Waals surface area (Å²) in [6, 6.07) is 17.9. The van der Waals surface area contributed by atoms with Gasteiger partial charge in [0.25, 0.3) is 11.2 Å². The van der Waals surface area contributed by atoms with Crippen molar-refractivity contribution < 1.29 is 49.4 Å². The van der Waals surface area contributed by atoms with Crippen molar-refractivity contribution in [1.82, 2.24) is 5.32 Å². The number of carboxylic acid groups (broad SMARTS) is 2. The lowest BCUT2D eigenvalue weighted by Gasteiger charge is -2.46. The van der Waals surface area contributed by atoms with Crippen molar-refractivity contribution in [2.75, 3.05) is 6.61 Å². The van der Waals surface area contributed by atoms with E-state index in [0.717, 1.165) is 12.1 Å². The summed E-state index contributed by atoms with van der Waals surface area (Å²) in [7, 11) is 0. The summed E-state index contributed by atoms with van der Waals surface area (Å²) in [6.07, 6.45) is 0. The molecule has 3 aromatic rings. The van der Waals surface area contributed by atoms with Gasteiger partial charge in [0.15, 0.2) is 0 Å². The van der Waals surface area contributed by atoms with Crippen molar-refractivity contribution in [3.63, 3.8) is 0 Å². The molecule has 0 bridgehead atoms. The molecule has 1 aliphatic rings. The fraction of sp³-hybridized carbons (Fsp3) is 0.333. The van der Waals surface area contributed by atoms with Crippen molar-refractivity contribution >= 4 is 35.1 Å². The molecule has 0 saturated carbocycles. The molecule has 0 amide bonds. The first kappa shape index (κ1) is 35.5. The van der Waals surface area contributed by atoms with Gasteiger partial charge in [-0.2, -0.15) is 0 Å². The summed E-state index contributed by atoms with van der Waals surface area (Å²) >= 11 is 5.94. The maximum Gasteiger partial charge on any atom is 0.348 e. The van der Waals surface area contributed by atoms with Crippen LogP contribution in [0.1, 0.15) is 58.2 Å². The van der Waals surface area contributed by atoms with E-state index in [-0.39, 0.29) is 33.8 Å². The predicted octanol–water partition coefficient (Wildman–Crippen LogP) is 3.27. The first-order valence-electron chi connectivity index (χ1n) is 13.9. The minimum Gasteiger partial charge on any atom is -0.479 e. The van der Waals surface area contributed by atoms with Gasteiger partial charge < -0.3 is 35.6 Å². The van der Waals surface area contributed by atoms with E-state index in [9.17, 15) is 44.7 Å². The third-order valence-corrected chi connectivity index (χ3v) is 7.90. The van der Waals surface area contributed by atoms with Crippen LogP contribution < -0.4 is 5.32 Å². The number of aryl methyl sites for hydroxylation is 2. The summed E-state index contributed by atoms with van der Waals surface area (Å²) in [4.78, 5) is 49.5. The maximum absolute atomic E-state index is 12.9. The number of aliphatic hydroxyl groups is 3. The highest BCUT2D eigenvalue weighted by molar-refractivity contribution is 6.30. The van der Waals surface area contributed by atoms with Crippen LogP contribution in [0.4, 0.5) is 0 Å². The van der Waals surface area contributed by atoms with Gasteiger partial charge in [-0.05, 0) is 57.9 Å². The first-order valence-corrected chi connectivity index (χ1v) is 14.2. The number of rotatable bonds is 8. The number of benzene rings is 3. The van der Waals surface area contributed by atoms with Crippen molar-refractivity contribution in [2.24, 2.45) is 0 Å². The van der Waals surface area contributed by atoms with Crippen LogP contribution in [0, 0.1) is 13.8 Å². The lowest BCUT2D eigenvalue weighted by molar-refractivity contribution is -0.263. The summed E-state index contributed by atoms with van der Waals surface area (Å²) < 4.78 is 5.67. The second kappa shape index (κ2) is 13.2. The Balaban J connectivity index is 0.000000276. The molecule has 4 rings (SSSR count). The van der Waals surface area contributed by atoms with Gasteiger partial charge in [0.05, 0.1) is 12.6 Å². The number of hydrogen-bond acceptors (Lipinski definition) is 9. The molecule has 6 N–H and O–H groups in total. The Morgan fingerprint density at radius 3 is 1.64 bits per heavy atom. The highest BCUT2D eigenvalue weighted by atomic mass is 35.5. The molecular formula is C33H36ClNO10. The van der Waals surface area contributed by atoms with Crippen LogP contribution in [0.2, 0.25) is 5.02 Å². The van der Waals surface area contributed by atoms with Gasteiger partial charge in [0.1, 0.15) is 0 Å². The van der Waals surface area contributed by atoms with Crippen molar-refractivity contribution in [1.29, 1.82) is 0 Å². The molecule has 11 nitrogen and oxygen atoms in total. The van der Waals surface area contributed by atoms with E-state index in [1.165, 1.54) is 50.2 Å². The number of aliphatic carboxylic acids is 2. The average Bonchev–Trinajstić information content (AvgIpc) is 2.98. The Morgan fingerprint density at radius 1 is 0.822 bits per heavy atom. The molecule has 4 unspecified atom stereocenters. The minimum absolute atomic E-state index is 0.135. The third-order valence-electron chi connectivity index (χ3n) is 7.66. The smallest absolute Gasteiger partial charge is 0.348 e. The molecule has 1 aliphatic heterocycles. The predicted molar refractivity (Wildman–Crippen MR) is 164 cm³/mol. The van der Waals surface area contributed by atoms with Gasteiger partial charge in [-0.25, -0.2) is 9.59 Å². The van der Waals surface area contributed by atoms with Gasteiger partial charge in [-0.1, -0.05) is 72.3 Å². The highest BCUT2D eigenvalue weighted by Gasteiger charge is 2.70. The van der Waals surface area contributed by atoms with Crippen molar-refractivity contribution in [3.8, 4) is 0 Å². The SMILES string of the molecule is CC1NC(C)(C)COC1(O)c1cccc(Cl)c1.Cc1ccccc1C(=O)C(O)(C(=O)O)C(O)(C(=O)O)C(=O)c1ccccc1C. The van der Waals surface area contributed by atoms with E-state index in [2.05, 4.69) is 5.32 Å². The van der Waals surface area contributed by atoms with Gasteiger partial charge >= 0.3 is 11.9 Å². The molecule has 0 radical (unpaired) electrons. The van der Waals surface area contributed by atoms with Gasteiger partial charge in [0, 0.05) is 27.3 Å². The third kappa shape index (κ3) is 6.69. The average molecular weight is 642 g/mol. The molecule has 1 saturated heterocycles. The zero-order valence-corrected chi connectivity index (χ0v) is 26.1. The monoisotopic (exact) mass is 641 g/mol. The quantitative estimate of drug-likeness (QED) is 0.156. The van der Waals surface area contributed by atoms with E-state index in [1.54, 1.807) is 12.1 Å². The fourth-order valence-corrected chi connectivity index (χ4v) is 5.25. The molecule has 240 valence electrons. The van der Waals surface area contributed by atoms with Crippen LogP contribution in [-0.2, 0) is 20.1 Å². The largest absolute Gasteiger partial charge is 0.479 e. The number of morpholine rings is 1. The Labute approximate surface area is 265 Å². The summed E-state index contributed by atoms with van der Waals surface area (Å²) in [5.41, 5.74) is -7.62. The zero-order chi connectivity index (χ0) is 34.0. The topological polar surface area (TPSA) is 191 Å². The van der Waals surface area contributed by atoms with E-state index in [0.29, 0.717) is 17.2 Å². The Morgan fingerprint density at radius 2 is 1.27 bits per heavy atom. The minimum atomic E-state index is -3.97. The Kier molecular flexibility index (Phi) is 10.4. The van der Waals surface area contributed by atoms with Crippen molar-refractivity contribution in [2.45, 2.75) is 63.2 Å². The molecule has 0 aromatic heterocycles. The molecule has 12 heteroatoms. The number of Topliss-reactive ketones (excluding diaryl/α,β-unsaturated/α-hetero) is 2. The first-order chi connectivity index (χ1) is 20.8. The molecule has 1 fully saturated rings. The van der Waals surface area contributed by atoms with Gasteiger partial charge in [0.2, 0.25) is 17.4 Å². The number of hydrogen-bond donors (Lipinski definition) is 6. The van der Waals surface area contributed by atoms with E-state index < -0.39 is 40.5 Å². The normalized spacial score (nSPS) is 21.7. The number of ketones is 2. The van der Waals surface area contributed by atoms with Crippen molar-refractivity contribution in [3.05, 3.63) is 106 Å². The van der Waals surface area contributed by atoms with Crippen LogP contribution in [-0.4, -0.2) is 78.4 Å². The molecule has 0 aliphatic carbocycles.